The van der Waals surface area contributed by atoms with E-state index in [4.69, 9.17) is 0 Å². The Morgan fingerprint density at radius 2 is 1.79 bits per heavy atom. The molecule has 0 aliphatic heterocycles. The van der Waals surface area contributed by atoms with Gasteiger partial charge in [-0.05, 0) is 48.4 Å². The van der Waals surface area contributed by atoms with Gasteiger partial charge < -0.3 is 5.32 Å². The highest BCUT2D eigenvalue weighted by atomic mass is 19.4. The number of rotatable bonds is 3. The number of anilines is 1. The zero-order chi connectivity index (χ0) is 13.9. The first-order chi connectivity index (χ1) is 8.97. The fraction of sp³-hybridized carbons (Fsp3) is 0.214. The van der Waals surface area contributed by atoms with Crippen LogP contribution in [0.5, 0.6) is 0 Å². The summed E-state index contributed by atoms with van der Waals surface area (Å²) in [4.78, 5) is 3.99. The van der Waals surface area contributed by atoms with Gasteiger partial charge in [-0.2, -0.15) is 13.2 Å². The van der Waals surface area contributed by atoms with Gasteiger partial charge in [-0.3, -0.25) is 4.98 Å². The molecule has 1 aromatic carbocycles. The summed E-state index contributed by atoms with van der Waals surface area (Å²) in [7, 11) is 0. The summed E-state index contributed by atoms with van der Waals surface area (Å²) in [6, 6.07) is 6.88. The maximum atomic E-state index is 12.4. The van der Waals surface area contributed by atoms with Crippen molar-refractivity contribution in [3.63, 3.8) is 0 Å². The Hall–Kier alpha value is -2.04. The highest BCUT2D eigenvalue weighted by Crippen LogP contribution is 2.29. The number of benzene rings is 1. The van der Waals surface area contributed by atoms with Crippen LogP contribution in [-0.4, -0.2) is 4.98 Å². The Kier molecular flexibility index (Phi) is 3.74. The first-order valence-corrected chi connectivity index (χ1v) is 5.77. The Morgan fingerprint density at radius 3 is 2.37 bits per heavy atom. The minimum absolute atomic E-state index is 0.555. The third kappa shape index (κ3) is 3.47. The third-order valence-corrected chi connectivity index (χ3v) is 2.83. The van der Waals surface area contributed by atoms with E-state index in [9.17, 15) is 13.2 Å². The summed E-state index contributed by atoms with van der Waals surface area (Å²) < 4.78 is 37.2. The number of pyridine rings is 1. The van der Waals surface area contributed by atoms with Crippen LogP contribution in [0, 0.1) is 6.92 Å². The minimum Gasteiger partial charge on any atom is -0.381 e. The van der Waals surface area contributed by atoms with Gasteiger partial charge in [0, 0.05) is 24.6 Å². The average Bonchev–Trinajstić information content (AvgIpc) is 2.37. The molecular weight excluding hydrogens is 253 g/mol. The van der Waals surface area contributed by atoms with Gasteiger partial charge in [0.1, 0.15) is 0 Å². The van der Waals surface area contributed by atoms with Crippen LogP contribution >= 0.6 is 0 Å². The largest absolute Gasteiger partial charge is 0.416 e. The fourth-order valence-electron chi connectivity index (χ4n) is 1.67. The molecule has 1 N–H and O–H groups in total. The zero-order valence-corrected chi connectivity index (χ0v) is 10.3. The van der Waals surface area contributed by atoms with Crippen LogP contribution < -0.4 is 5.32 Å². The summed E-state index contributed by atoms with van der Waals surface area (Å²) in [5.74, 6) is 0. The van der Waals surface area contributed by atoms with Gasteiger partial charge in [0.25, 0.3) is 0 Å². The average molecular weight is 266 g/mol. The fourth-order valence-corrected chi connectivity index (χ4v) is 1.67. The smallest absolute Gasteiger partial charge is 0.381 e. The first kappa shape index (κ1) is 13.4. The monoisotopic (exact) mass is 266 g/mol. The summed E-state index contributed by atoms with van der Waals surface area (Å²) in [5, 5.41) is 3.09. The summed E-state index contributed by atoms with van der Waals surface area (Å²) in [6.45, 7) is 2.50. The highest BCUT2D eigenvalue weighted by molar-refractivity contribution is 5.46. The predicted molar refractivity (Wildman–Crippen MR) is 67.7 cm³/mol. The zero-order valence-electron chi connectivity index (χ0n) is 10.3. The molecule has 0 aliphatic rings. The maximum absolute atomic E-state index is 12.4. The highest BCUT2D eigenvalue weighted by Gasteiger charge is 2.29. The topological polar surface area (TPSA) is 24.9 Å². The minimum atomic E-state index is -4.29. The van der Waals surface area contributed by atoms with Gasteiger partial charge in [0.2, 0.25) is 0 Å². The van der Waals surface area contributed by atoms with Gasteiger partial charge in [0.15, 0.2) is 0 Å². The van der Waals surface area contributed by atoms with Crippen molar-refractivity contribution in [1.29, 1.82) is 0 Å². The van der Waals surface area contributed by atoms with E-state index in [0.29, 0.717) is 12.2 Å². The molecule has 0 bridgehead atoms. The third-order valence-electron chi connectivity index (χ3n) is 2.83. The molecular formula is C14H13F3N2. The number of hydrogen-bond donors (Lipinski definition) is 1. The van der Waals surface area contributed by atoms with Crippen LogP contribution in [0.25, 0.3) is 0 Å². The predicted octanol–water partition coefficient (Wildman–Crippen LogP) is 4.02. The van der Waals surface area contributed by atoms with Crippen LogP contribution in [0.3, 0.4) is 0 Å². The van der Waals surface area contributed by atoms with Crippen LogP contribution in [0.1, 0.15) is 16.7 Å². The molecule has 19 heavy (non-hydrogen) atoms. The lowest BCUT2D eigenvalue weighted by Gasteiger charge is -2.10. The van der Waals surface area contributed by atoms with E-state index in [1.54, 1.807) is 12.4 Å². The first-order valence-electron chi connectivity index (χ1n) is 5.77. The van der Waals surface area contributed by atoms with E-state index < -0.39 is 11.7 Å². The van der Waals surface area contributed by atoms with E-state index in [-0.39, 0.29) is 0 Å². The lowest BCUT2D eigenvalue weighted by atomic mass is 10.1. The van der Waals surface area contributed by atoms with Gasteiger partial charge in [-0.15, -0.1) is 0 Å². The second-order valence-electron chi connectivity index (χ2n) is 4.23. The van der Waals surface area contributed by atoms with Crippen molar-refractivity contribution < 1.29 is 13.2 Å². The van der Waals surface area contributed by atoms with E-state index in [2.05, 4.69) is 10.3 Å². The van der Waals surface area contributed by atoms with Crippen molar-refractivity contribution in [1.82, 2.24) is 4.98 Å². The van der Waals surface area contributed by atoms with Crippen molar-refractivity contribution in [2.24, 2.45) is 0 Å². The molecule has 0 spiro atoms. The molecule has 0 unspecified atom stereocenters. The second kappa shape index (κ2) is 5.30. The van der Waals surface area contributed by atoms with E-state index in [1.807, 2.05) is 13.0 Å². The van der Waals surface area contributed by atoms with Gasteiger partial charge in [-0.25, -0.2) is 0 Å². The molecule has 5 heteroatoms. The standard InChI is InChI=1S/C14H13F3N2/c1-10-8-18-7-6-11(10)9-19-13-4-2-12(3-5-13)14(15,16)17/h2-8,19H,9H2,1H3. The lowest BCUT2D eigenvalue weighted by molar-refractivity contribution is -0.137. The lowest BCUT2D eigenvalue weighted by Crippen LogP contribution is -2.05. The Balaban J connectivity index is 2.03. The Morgan fingerprint density at radius 1 is 1.11 bits per heavy atom. The van der Waals surface area contributed by atoms with Crippen molar-refractivity contribution in [2.75, 3.05) is 5.32 Å². The number of nitrogens with zero attached hydrogens (tertiary/aromatic N) is 1. The van der Waals surface area contributed by atoms with E-state index in [0.717, 1.165) is 23.3 Å². The van der Waals surface area contributed by atoms with Crippen molar-refractivity contribution in [2.45, 2.75) is 19.6 Å². The van der Waals surface area contributed by atoms with Crippen LogP contribution in [0.4, 0.5) is 18.9 Å². The molecule has 0 amide bonds. The molecule has 0 saturated heterocycles. The molecule has 2 rings (SSSR count). The molecule has 1 aromatic heterocycles. The summed E-state index contributed by atoms with van der Waals surface area (Å²) >= 11 is 0. The molecule has 0 saturated carbocycles. The Labute approximate surface area is 109 Å². The molecule has 2 aromatic rings. The van der Waals surface area contributed by atoms with Crippen molar-refractivity contribution >= 4 is 5.69 Å². The van der Waals surface area contributed by atoms with E-state index >= 15 is 0 Å². The number of hydrogen-bond acceptors (Lipinski definition) is 2. The van der Waals surface area contributed by atoms with Gasteiger partial charge in [-0.1, -0.05) is 0 Å². The number of aromatic nitrogens is 1. The molecule has 2 nitrogen and oxygen atoms in total. The number of alkyl halides is 3. The second-order valence-corrected chi connectivity index (χ2v) is 4.23. The van der Waals surface area contributed by atoms with E-state index in [1.165, 1.54) is 12.1 Å². The van der Waals surface area contributed by atoms with Gasteiger partial charge in [0.05, 0.1) is 5.56 Å². The number of aryl methyl sites for hydroxylation is 1. The number of nitrogens with one attached hydrogen (secondary N) is 1. The van der Waals surface area contributed by atoms with Crippen LogP contribution in [0.2, 0.25) is 0 Å². The van der Waals surface area contributed by atoms with Crippen LogP contribution in [0.15, 0.2) is 42.7 Å². The molecule has 100 valence electrons. The molecule has 0 atom stereocenters. The molecule has 0 fully saturated rings. The number of halogens is 3. The maximum Gasteiger partial charge on any atom is 0.416 e. The Bertz CT molecular complexity index is 547. The quantitative estimate of drug-likeness (QED) is 0.907. The SMILES string of the molecule is Cc1cnccc1CNc1ccc(C(F)(F)F)cc1. The van der Waals surface area contributed by atoms with Crippen molar-refractivity contribution in [3.8, 4) is 0 Å². The summed E-state index contributed by atoms with van der Waals surface area (Å²) in [6.07, 6.45) is -0.846. The van der Waals surface area contributed by atoms with Crippen molar-refractivity contribution in [3.05, 3.63) is 59.4 Å². The normalized spacial score (nSPS) is 11.4. The molecule has 1 heterocycles. The summed E-state index contributed by atoms with van der Waals surface area (Å²) in [5.41, 5.74) is 2.12. The van der Waals surface area contributed by atoms with Gasteiger partial charge >= 0.3 is 6.18 Å². The van der Waals surface area contributed by atoms with Crippen LogP contribution in [-0.2, 0) is 12.7 Å². The molecule has 0 radical (unpaired) electrons. The molecule has 0 aliphatic carbocycles.